The minimum absolute atomic E-state index is 0.110. The summed E-state index contributed by atoms with van der Waals surface area (Å²) in [6, 6.07) is 6.21. The van der Waals surface area contributed by atoms with Gasteiger partial charge in [0.15, 0.2) is 5.16 Å². The Hall–Kier alpha value is -2.42. The summed E-state index contributed by atoms with van der Waals surface area (Å²) in [5.41, 5.74) is 6.12. The predicted octanol–water partition coefficient (Wildman–Crippen LogP) is 1.31. The zero-order valence-electron chi connectivity index (χ0n) is 14.6. The number of aromatic nitrogens is 3. The van der Waals surface area contributed by atoms with Crippen molar-refractivity contribution in [1.82, 2.24) is 20.1 Å². The largest absolute Gasteiger partial charge is 0.370 e. The van der Waals surface area contributed by atoms with Crippen LogP contribution in [0.1, 0.15) is 24.7 Å². The first-order valence-electron chi connectivity index (χ1n) is 8.34. The van der Waals surface area contributed by atoms with E-state index < -0.39 is 0 Å². The fourth-order valence-corrected chi connectivity index (χ4v) is 3.19. The number of aryl methyl sites for hydroxylation is 1. The Bertz CT molecular complexity index is 748. The molecule has 1 aromatic carbocycles. The molecule has 2 aromatic rings. The zero-order chi connectivity index (χ0) is 18.9. The number of hydrogen-bond acceptors (Lipinski definition) is 5. The predicted molar refractivity (Wildman–Crippen MR) is 97.0 cm³/mol. The number of carbonyl (C=O) groups is 2. The average Bonchev–Trinajstić information content (AvgIpc) is 3.01. The number of nitrogens with zero attached hydrogens (tertiary/aromatic N) is 3. The molecule has 2 rings (SSSR count). The highest BCUT2D eigenvalue weighted by Crippen LogP contribution is 2.17. The van der Waals surface area contributed by atoms with Gasteiger partial charge in [0.2, 0.25) is 11.8 Å². The van der Waals surface area contributed by atoms with Crippen LogP contribution in [0.4, 0.5) is 4.39 Å². The van der Waals surface area contributed by atoms with E-state index in [9.17, 15) is 14.0 Å². The molecule has 0 radical (unpaired) electrons. The van der Waals surface area contributed by atoms with Gasteiger partial charge in [0.1, 0.15) is 11.6 Å². The molecule has 26 heavy (non-hydrogen) atoms. The molecule has 1 heterocycles. The molecule has 0 aliphatic rings. The van der Waals surface area contributed by atoms with Crippen molar-refractivity contribution in [1.29, 1.82) is 0 Å². The van der Waals surface area contributed by atoms with E-state index in [1.807, 2.05) is 11.5 Å². The number of benzene rings is 1. The van der Waals surface area contributed by atoms with Gasteiger partial charge < -0.3 is 15.6 Å². The van der Waals surface area contributed by atoms with Gasteiger partial charge in [-0.3, -0.25) is 9.59 Å². The lowest BCUT2D eigenvalue weighted by atomic mass is 10.1. The van der Waals surface area contributed by atoms with E-state index >= 15 is 0 Å². The van der Waals surface area contributed by atoms with Gasteiger partial charge in [0.05, 0.1) is 5.75 Å². The molecule has 0 spiro atoms. The standard InChI is InChI=1S/C17H22FN5O2S/c1-2-23-15(8-7-14(19)24)21-22-17(23)26-11-16(25)20-10-9-12-3-5-13(18)6-4-12/h3-6H,2,7-11H2,1H3,(H2,19,24)(H,20,25). The van der Waals surface area contributed by atoms with Crippen LogP contribution < -0.4 is 11.1 Å². The first-order chi connectivity index (χ1) is 12.5. The zero-order valence-corrected chi connectivity index (χ0v) is 15.4. The van der Waals surface area contributed by atoms with Gasteiger partial charge in [0, 0.05) is 25.9 Å². The molecule has 0 saturated carbocycles. The highest BCUT2D eigenvalue weighted by Gasteiger charge is 2.13. The average molecular weight is 379 g/mol. The van der Waals surface area contributed by atoms with Crippen LogP contribution in [-0.4, -0.2) is 38.9 Å². The molecule has 0 aliphatic carbocycles. The molecule has 1 aromatic heterocycles. The molecule has 3 N–H and O–H groups in total. The minimum Gasteiger partial charge on any atom is -0.370 e. The van der Waals surface area contributed by atoms with E-state index in [4.69, 9.17) is 5.73 Å². The Labute approximate surface area is 155 Å². The summed E-state index contributed by atoms with van der Waals surface area (Å²) in [6.07, 6.45) is 1.28. The number of carbonyl (C=O) groups excluding carboxylic acids is 2. The number of nitrogens with two attached hydrogens (primary N) is 1. The third-order valence-corrected chi connectivity index (χ3v) is 4.65. The first kappa shape index (κ1) is 19.9. The fourth-order valence-electron chi connectivity index (χ4n) is 2.34. The summed E-state index contributed by atoms with van der Waals surface area (Å²) in [6.45, 7) is 3.08. The molecule has 0 saturated heterocycles. The van der Waals surface area contributed by atoms with Crippen LogP contribution in [0.5, 0.6) is 0 Å². The summed E-state index contributed by atoms with van der Waals surface area (Å²) in [5, 5.41) is 11.6. The lowest BCUT2D eigenvalue weighted by Crippen LogP contribution is -2.27. The molecule has 9 heteroatoms. The summed E-state index contributed by atoms with van der Waals surface area (Å²) < 4.78 is 14.7. The van der Waals surface area contributed by atoms with Crippen LogP contribution in [0.25, 0.3) is 0 Å². The number of rotatable bonds is 10. The second-order valence-electron chi connectivity index (χ2n) is 5.62. The minimum atomic E-state index is -0.384. The Balaban J connectivity index is 1.77. The SMILES string of the molecule is CCn1c(CCC(N)=O)nnc1SCC(=O)NCCc1ccc(F)cc1. The number of nitrogens with one attached hydrogen (secondary N) is 1. The lowest BCUT2D eigenvalue weighted by molar-refractivity contribution is -0.119. The maximum absolute atomic E-state index is 12.8. The van der Waals surface area contributed by atoms with Crippen molar-refractivity contribution in [3.63, 3.8) is 0 Å². The Kier molecular flexibility index (Phi) is 7.58. The topological polar surface area (TPSA) is 103 Å². The van der Waals surface area contributed by atoms with E-state index in [0.29, 0.717) is 36.9 Å². The molecule has 0 atom stereocenters. The number of hydrogen-bond donors (Lipinski definition) is 2. The maximum Gasteiger partial charge on any atom is 0.230 e. The molecular weight excluding hydrogens is 357 g/mol. The monoisotopic (exact) mass is 379 g/mol. The lowest BCUT2D eigenvalue weighted by Gasteiger charge is -2.07. The van der Waals surface area contributed by atoms with Crippen molar-refractivity contribution in [2.75, 3.05) is 12.3 Å². The van der Waals surface area contributed by atoms with E-state index in [2.05, 4.69) is 15.5 Å². The van der Waals surface area contributed by atoms with Gasteiger partial charge >= 0.3 is 0 Å². The van der Waals surface area contributed by atoms with E-state index in [1.165, 1.54) is 23.9 Å². The summed E-state index contributed by atoms with van der Waals surface area (Å²) in [7, 11) is 0. The third kappa shape index (κ3) is 6.14. The molecule has 140 valence electrons. The van der Waals surface area contributed by atoms with E-state index in [1.54, 1.807) is 12.1 Å². The normalized spacial score (nSPS) is 10.7. The molecule has 0 fully saturated rings. The number of amides is 2. The van der Waals surface area contributed by atoms with Crippen LogP contribution in [0, 0.1) is 5.82 Å². The van der Waals surface area contributed by atoms with Gasteiger partial charge in [-0.15, -0.1) is 10.2 Å². The molecule has 0 aliphatic heterocycles. The van der Waals surface area contributed by atoms with Crippen LogP contribution in [0.15, 0.2) is 29.4 Å². The van der Waals surface area contributed by atoms with Crippen molar-refractivity contribution in [3.8, 4) is 0 Å². The molecular formula is C17H22FN5O2S. The second-order valence-corrected chi connectivity index (χ2v) is 6.57. The number of thioether (sulfide) groups is 1. The quantitative estimate of drug-likeness (QED) is 0.606. The maximum atomic E-state index is 12.8. The molecule has 0 unspecified atom stereocenters. The van der Waals surface area contributed by atoms with Crippen LogP contribution in [-0.2, 0) is 29.0 Å². The Morgan fingerprint density at radius 1 is 1.23 bits per heavy atom. The van der Waals surface area contributed by atoms with E-state index in [-0.39, 0.29) is 29.8 Å². The van der Waals surface area contributed by atoms with Gasteiger partial charge in [0.25, 0.3) is 0 Å². The van der Waals surface area contributed by atoms with Crippen molar-refractivity contribution in [3.05, 3.63) is 41.5 Å². The van der Waals surface area contributed by atoms with Gasteiger partial charge in [-0.25, -0.2) is 4.39 Å². The highest BCUT2D eigenvalue weighted by atomic mass is 32.2. The second kappa shape index (κ2) is 9.91. The van der Waals surface area contributed by atoms with Crippen LogP contribution in [0.3, 0.4) is 0 Å². The molecule has 2 amide bonds. The van der Waals surface area contributed by atoms with Crippen molar-refractivity contribution < 1.29 is 14.0 Å². The number of halogens is 1. The molecule has 7 nitrogen and oxygen atoms in total. The highest BCUT2D eigenvalue weighted by molar-refractivity contribution is 7.99. The first-order valence-corrected chi connectivity index (χ1v) is 9.32. The summed E-state index contributed by atoms with van der Waals surface area (Å²) in [5.74, 6) is 0.138. The van der Waals surface area contributed by atoms with Crippen LogP contribution in [0.2, 0.25) is 0 Å². The van der Waals surface area contributed by atoms with E-state index in [0.717, 1.165) is 5.56 Å². The summed E-state index contributed by atoms with van der Waals surface area (Å²) in [4.78, 5) is 22.9. The smallest absolute Gasteiger partial charge is 0.230 e. The van der Waals surface area contributed by atoms with Gasteiger partial charge in [-0.05, 0) is 31.0 Å². The van der Waals surface area contributed by atoms with Gasteiger partial charge in [-0.2, -0.15) is 0 Å². The van der Waals surface area contributed by atoms with Crippen molar-refractivity contribution >= 4 is 23.6 Å². The fraction of sp³-hybridized carbons (Fsp3) is 0.412. The Morgan fingerprint density at radius 3 is 2.62 bits per heavy atom. The van der Waals surface area contributed by atoms with Crippen molar-refractivity contribution in [2.45, 2.75) is 37.9 Å². The van der Waals surface area contributed by atoms with Gasteiger partial charge in [-0.1, -0.05) is 23.9 Å². The third-order valence-electron chi connectivity index (χ3n) is 3.69. The van der Waals surface area contributed by atoms with Crippen molar-refractivity contribution in [2.24, 2.45) is 5.73 Å². The molecule has 0 bridgehead atoms. The van der Waals surface area contributed by atoms with Crippen LogP contribution >= 0.6 is 11.8 Å². The Morgan fingerprint density at radius 2 is 1.96 bits per heavy atom. The summed E-state index contributed by atoms with van der Waals surface area (Å²) >= 11 is 1.29. The number of primary amides is 1.